The van der Waals surface area contributed by atoms with Crippen molar-refractivity contribution in [1.82, 2.24) is 9.38 Å². The Labute approximate surface area is 168 Å². The predicted molar refractivity (Wildman–Crippen MR) is 105 cm³/mol. The number of ether oxygens (including phenoxy) is 1. The Balaban J connectivity index is 1.93. The van der Waals surface area contributed by atoms with Crippen LogP contribution in [0.1, 0.15) is 33.3 Å². The first-order chi connectivity index (χ1) is 14.4. The number of benzene rings is 2. The van der Waals surface area contributed by atoms with Crippen molar-refractivity contribution in [2.24, 2.45) is 0 Å². The summed E-state index contributed by atoms with van der Waals surface area (Å²) in [5.74, 6) is -1.57. The summed E-state index contributed by atoms with van der Waals surface area (Å²) in [5, 5.41) is 11.3. The number of carbonyl (C=O) groups is 2. The van der Waals surface area contributed by atoms with Gasteiger partial charge < -0.3 is 4.74 Å². The van der Waals surface area contributed by atoms with Crippen LogP contribution in [0.2, 0.25) is 0 Å². The lowest BCUT2D eigenvalue weighted by atomic mass is 10.1. The fourth-order valence-electron chi connectivity index (χ4n) is 3.27. The molecule has 0 aliphatic heterocycles. The van der Waals surface area contributed by atoms with Crippen LogP contribution in [0, 0.1) is 15.9 Å². The summed E-state index contributed by atoms with van der Waals surface area (Å²) in [7, 11) is 0. The Morgan fingerprint density at radius 3 is 2.57 bits per heavy atom. The number of hydrogen-bond donors (Lipinski definition) is 0. The lowest BCUT2D eigenvalue weighted by molar-refractivity contribution is -0.384. The first-order valence-corrected chi connectivity index (χ1v) is 8.96. The SMILES string of the molecule is CCOC(=O)c1cc(C(=O)c2ccc([N+](=O)[O-])cc2)n2cnc3cc(F)ccc3c12. The van der Waals surface area contributed by atoms with Crippen LogP contribution in [0.5, 0.6) is 0 Å². The molecule has 150 valence electrons. The van der Waals surface area contributed by atoms with Gasteiger partial charge in [0.1, 0.15) is 12.1 Å². The molecule has 0 atom stereocenters. The second-order valence-electron chi connectivity index (χ2n) is 6.42. The maximum atomic E-state index is 13.6. The number of rotatable bonds is 5. The first kappa shape index (κ1) is 19.2. The highest BCUT2D eigenvalue weighted by atomic mass is 19.1. The number of nitrogens with zero attached hydrogens (tertiary/aromatic N) is 3. The molecule has 4 rings (SSSR count). The van der Waals surface area contributed by atoms with Crippen molar-refractivity contribution in [2.75, 3.05) is 6.61 Å². The van der Waals surface area contributed by atoms with Crippen LogP contribution in [-0.4, -0.2) is 32.7 Å². The van der Waals surface area contributed by atoms with Crippen LogP contribution in [-0.2, 0) is 4.74 Å². The zero-order chi connectivity index (χ0) is 21.4. The van der Waals surface area contributed by atoms with Gasteiger partial charge in [-0.25, -0.2) is 14.2 Å². The third-order valence-electron chi connectivity index (χ3n) is 4.63. The average Bonchev–Trinajstić information content (AvgIpc) is 3.13. The van der Waals surface area contributed by atoms with Crippen LogP contribution < -0.4 is 0 Å². The number of hydrogen-bond acceptors (Lipinski definition) is 6. The van der Waals surface area contributed by atoms with Crippen molar-refractivity contribution < 1.29 is 23.6 Å². The standard InChI is InChI=1S/C21H14FN3O5/c1-2-30-21(27)16-10-18(20(26)12-3-6-14(7-4-12)25(28)29)24-11-23-17-9-13(22)5-8-15(17)19(16)24/h3-11H,2H2,1H3. The summed E-state index contributed by atoms with van der Waals surface area (Å²) in [6, 6.07) is 10.5. The molecule has 9 heteroatoms. The Morgan fingerprint density at radius 1 is 1.17 bits per heavy atom. The number of carbonyl (C=O) groups excluding carboxylic acids is 2. The molecule has 0 unspecified atom stereocenters. The fourth-order valence-corrected chi connectivity index (χ4v) is 3.27. The van der Waals surface area contributed by atoms with Crippen molar-refractivity contribution in [3.05, 3.63) is 87.6 Å². The van der Waals surface area contributed by atoms with E-state index in [1.54, 1.807) is 6.92 Å². The molecule has 0 saturated heterocycles. The number of aromatic nitrogens is 2. The Kier molecular flexibility index (Phi) is 4.71. The molecule has 2 aromatic carbocycles. The van der Waals surface area contributed by atoms with E-state index >= 15 is 0 Å². The van der Waals surface area contributed by atoms with Crippen molar-refractivity contribution >= 4 is 33.9 Å². The highest BCUT2D eigenvalue weighted by molar-refractivity contribution is 6.14. The molecule has 0 saturated carbocycles. The van der Waals surface area contributed by atoms with Crippen molar-refractivity contribution in [1.29, 1.82) is 0 Å². The number of esters is 1. The number of non-ortho nitro benzene ring substituents is 1. The van der Waals surface area contributed by atoms with Gasteiger partial charge in [-0.2, -0.15) is 0 Å². The minimum Gasteiger partial charge on any atom is -0.462 e. The van der Waals surface area contributed by atoms with Gasteiger partial charge in [0.2, 0.25) is 5.78 Å². The van der Waals surface area contributed by atoms with Crippen molar-refractivity contribution in [3.8, 4) is 0 Å². The first-order valence-electron chi connectivity index (χ1n) is 8.96. The van der Waals surface area contributed by atoms with Gasteiger partial charge in [-0.3, -0.25) is 19.3 Å². The van der Waals surface area contributed by atoms with Gasteiger partial charge in [-0.1, -0.05) is 0 Å². The second-order valence-corrected chi connectivity index (χ2v) is 6.42. The monoisotopic (exact) mass is 407 g/mol. The highest BCUT2D eigenvalue weighted by Gasteiger charge is 2.24. The Hall–Kier alpha value is -4.14. The van der Waals surface area contributed by atoms with Gasteiger partial charge >= 0.3 is 5.97 Å². The van der Waals surface area contributed by atoms with Gasteiger partial charge in [-0.05, 0) is 37.3 Å². The zero-order valence-electron chi connectivity index (χ0n) is 15.7. The molecule has 0 amide bonds. The van der Waals surface area contributed by atoms with E-state index in [4.69, 9.17) is 4.74 Å². The number of nitro benzene ring substituents is 1. The summed E-state index contributed by atoms with van der Waals surface area (Å²) in [6.45, 7) is 1.80. The summed E-state index contributed by atoms with van der Waals surface area (Å²) < 4.78 is 20.2. The van der Waals surface area contributed by atoms with E-state index in [9.17, 15) is 24.1 Å². The predicted octanol–water partition coefficient (Wildman–Crippen LogP) is 3.94. The largest absolute Gasteiger partial charge is 0.462 e. The molecule has 0 radical (unpaired) electrons. The normalized spacial score (nSPS) is 11.0. The summed E-state index contributed by atoms with van der Waals surface area (Å²) in [4.78, 5) is 40.1. The minimum atomic E-state index is -0.630. The van der Waals surface area contributed by atoms with Gasteiger partial charge in [-0.15, -0.1) is 0 Å². The van der Waals surface area contributed by atoms with Gasteiger partial charge in [0, 0.05) is 29.1 Å². The van der Waals surface area contributed by atoms with Gasteiger partial charge in [0.05, 0.1) is 33.8 Å². The molecular formula is C21H14FN3O5. The van der Waals surface area contributed by atoms with Crippen LogP contribution >= 0.6 is 0 Å². The maximum Gasteiger partial charge on any atom is 0.340 e. The molecule has 0 aliphatic carbocycles. The third kappa shape index (κ3) is 3.16. The number of halogens is 1. The highest BCUT2D eigenvalue weighted by Crippen LogP contribution is 2.28. The van der Waals surface area contributed by atoms with E-state index in [-0.39, 0.29) is 29.1 Å². The summed E-state index contributed by atoms with van der Waals surface area (Å²) >= 11 is 0. The minimum absolute atomic E-state index is 0.126. The van der Waals surface area contributed by atoms with E-state index in [0.29, 0.717) is 16.4 Å². The molecule has 30 heavy (non-hydrogen) atoms. The van der Waals surface area contributed by atoms with Crippen LogP contribution in [0.15, 0.2) is 54.9 Å². The molecule has 0 spiro atoms. The smallest absolute Gasteiger partial charge is 0.340 e. The fraction of sp³-hybridized carbons (Fsp3) is 0.0952. The van der Waals surface area contributed by atoms with Crippen LogP contribution in [0.25, 0.3) is 16.4 Å². The average molecular weight is 407 g/mol. The molecule has 2 heterocycles. The molecule has 2 aromatic heterocycles. The van der Waals surface area contributed by atoms with E-state index < -0.39 is 22.5 Å². The van der Waals surface area contributed by atoms with E-state index in [2.05, 4.69) is 4.98 Å². The quantitative estimate of drug-likeness (QED) is 0.215. The number of fused-ring (bicyclic) bond motifs is 3. The molecule has 4 aromatic rings. The Bertz CT molecular complexity index is 1330. The Morgan fingerprint density at radius 2 is 1.90 bits per heavy atom. The lowest BCUT2D eigenvalue weighted by Crippen LogP contribution is -2.06. The molecule has 0 aliphatic rings. The lowest BCUT2D eigenvalue weighted by Gasteiger charge is -2.06. The van der Waals surface area contributed by atoms with E-state index in [1.165, 1.54) is 59.3 Å². The second kappa shape index (κ2) is 7.36. The topological polar surface area (TPSA) is 104 Å². The number of nitro groups is 1. The van der Waals surface area contributed by atoms with Crippen LogP contribution in [0.4, 0.5) is 10.1 Å². The zero-order valence-corrected chi connectivity index (χ0v) is 15.7. The van der Waals surface area contributed by atoms with Crippen molar-refractivity contribution in [2.45, 2.75) is 6.92 Å². The third-order valence-corrected chi connectivity index (χ3v) is 4.63. The molecule has 0 bridgehead atoms. The molecular weight excluding hydrogens is 393 g/mol. The summed E-state index contributed by atoms with van der Waals surface area (Å²) in [6.07, 6.45) is 1.33. The van der Waals surface area contributed by atoms with Gasteiger partial charge in [0.25, 0.3) is 5.69 Å². The van der Waals surface area contributed by atoms with E-state index in [0.717, 1.165) is 0 Å². The van der Waals surface area contributed by atoms with Crippen LogP contribution in [0.3, 0.4) is 0 Å². The van der Waals surface area contributed by atoms with E-state index in [1.807, 2.05) is 0 Å². The number of ketones is 1. The molecule has 0 fully saturated rings. The maximum absolute atomic E-state index is 13.6. The van der Waals surface area contributed by atoms with Gasteiger partial charge in [0.15, 0.2) is 0 Å². The van der Waals surface area contributed by atoms with Crippen molar-refractivity contribution in [3.63, 3.8) is 0 Å². The molecule has 8 nitrogen and oxygen atoms in total. The summed E-state index contributed by atoms with van der Waals surface area (Å²) in [5.41, 5.74) is 1.01. The molecule has 0 N–H and O–H groups in total.